The summed E-state index contributed by atoms with van der Waals surface area (Å²) in [5, 5.41) is 2.50. The summed E-state index contributed by atoms with van der Waals surface area (Å²) in [6.45, 7) is 0. The summed E-state index contributed by atoms with van der Waals surface area (Å²) in [4.78, 5) is 14.1. The molecule has 0 amide bonds. The Morgan fingerprint density at radius 1 is 0.857 bits per heavy atom. The first kappa shape index (κ1) is 20.3. The van der Waals surface area contributed by atoms with E-state index < -0.39 is 34.6 Å². The fourth-order valence-electron chi connectivity index (χ4n) is 2.53. The Hall–Kier alpha value is -2.39. The molecule has 3 rings (SSSR count). The molecule has 2 aromatic carbocycles. The number of hydrogen-bond acceptors (Lipinski definition) is 2. The van der Waals surface area contributed by atoms with E-state index in [1.807, 2.05) is 4.98 Å². The van der Waals surface area contributed by atoms with Crippen molar-refractivity contribution in [2.75, 3.05) is 5.32 Å². The van der Waals surface area contributed by atoms with Gasteiger partial charge in [0.05, 0.1) is 32.2 Å². The van der Waals surface area contributed by atoms with E-state index >= 15 is 0 Å². The molecule has 0 bridgehead atoms. The van der Waals surface area contributed by atoms with E-state index in [1.54, 1.807) is 0 Å². The summed E-state index contributed by atoms with van der Waals surface area (Å²) in [5.74, 6) is 0. The number of anilines is 2. The maximum Gasteiger partial charge on any atom is 0.431 e. The van der Waals surface area contributed by atoms with E-state index in [2.05, 4.69) is 5.32 Å². The van der Waals surface area contributed by atoms with E-state index in [4.69, 9.17) is 23.2 Å². The second kappa shape index (κ2) is 6.89. The maximum absolute atomic E-state index is 13.2. The van der Waals surface area contributed by atoms with Crippen LogP contribution in [0.2, 0.25) is 10.0 Å². The van der Waals surface area contributed by atoms with Crippen LogP contribution < -0.4 is 10.7 Å². The van der Waals surface area contributed by atoms with Crippen LogP contribution in [-0.4, -0.2) is 4.98 Å². The second-order valence-corrected chi connectivity index (χ2v) is 6.56. The van der Waals surface area contributed by atoms with Gasteiger partial charge in [0.1, 0.15) is 5.69 Å². The molecule has 0 aliphatic heterocycles. The van der Waals surface area contributed by atoms with Gasteiger partial charge in [0.2, 0.25) is 0 Å². The summed E-state index contributed by atoms with van der Waals surface area (Å²) in [6.07, 6.45) is -9.79. The zero-order valence-electron chi connectivity index (χ0n) is 13.4. The van der Waals surface area contributed by atoms with Crippen molar-refractivity contribution in [3.63, 3.8) is 0 Å². The number of benzene rings is 2. The van der Waals surface area contributed by atoms with Gasteiger partial charge in [0, 0.05) is 11.8 Å². The molecule has 28 heavy (non-hydrogen) atoms. The predicted molar refractivity (Wildman–Crippen MR) is 94.3 cm³/mol. The molecule has 148 valence electrons. The first-order valence-electron chi connectivity index (χ1n) is 7.44. The molecular weight excluding hydrogens is 433 g/mol. The Morgan fingerprint density at radius 2 is 1.54 bits per heavy atom. The van der Waals surface area contributed by atoms with Gasteiger partial charge in [-0.2, -0.15) is 26.3 Å². The molecule has 0 atom stereocenters. The number of halogens is 8. The summed E-state index contributed by atoms with van der Waals surface area (Å²) in [5.41, 5.74) is -4.55. The Labute approximate surface area is 162 Å². The van der Waals surface area contributed by atoms with Gasteiger partial charge in [-0.3, -0.25) is 4.79 Å². The molecule has 0 fully saturated rings. The number of H-pyrrole nitrogens is 1. The molecule has 1 heterocycles. The minimum Gasteiger partial charge on any atom is -0.355 e. The van der Waals surface area contributed by atoms with Crippen LogP contribution in [-0.2, 0) is 12.4 Å². The second-order valence-electron chi connectivity index (χ2n) is 5.74. The van der Waals surface area contributed by atoms with E-state index in [-0.39, 0.29) is 32.9 Å². The average Bonchev–Trinajstić information content (AvgIpc) is 2.56. The van der Waals surface area contributed by atoms with Crippen molar-refractivity contribution in [1.29, 1.82) is 0 Å². The molecule has 3 nitrogen and oxygen atoms in total. The van der Waals surface area contributed by atoms with Gasteiger partial charge in [0.15, 0.2) is 5.43 Å². The smallest absolute Gasteiger partial charge is 0.355 e. The van der Waals surface area contributed by atoms with Crippen molar-refractivity contribution in [3.8, 4) is 0 Å². The molecule has 0 aliphatic rings. The molecule has 0 unspecified atom stereocenters. The number of pyridine rings is 1. The highest BCUT2D eigenvalue weighted by Gasteiger charge is 2.35. The molecule has 0 saturated heterocycles. The average molecular weight is 441 g/mol. The lowest BCUT2D eigenvalue weighted by Gasteiger charge is -2.16. The lowest BCUT2D eigenvalue weighted by molar-refractivity contribution is -0.141. The third-order valence-corrected chi connectivity index (χ3v) is 4.50. The van der Waals surface area contributed by atoms with Crippen molar-refractivity contribution in [2.24, 2.45) is 0 Å². The molecule has 0 spiro atoms. The fraction of sp³-hybridized carbons (Fsp3) is 0.118. The Morgan fingerprint density at radius 3 is 2.11 bits per heavy atom. The van der Waals surface area contributed by atoms with Crippen LogP contribution in [0.15, 0.2) is 41.2 Å². The SMILES string of the molecule is O=c1cc(C(F)(F)F)[nH]c2cc(C(F)(F)F)cc(Nc3ccc(Cl)c(Cl)c3)c12. The molecule has 3 aromatic rings. The first-order valence-corrected chi connectivity index (χ1v) is 8.19. The quantitative estimate of drug-likeness (QED) is 0.440. The molecule has 0 aliphatic carbocycles. The van der Waals surface area contributed by atoms with Gasteiger partial charge in [-0.25, -0.2) is 0 Å². The van der Waals surface area contributed by atoms with E-state index in [9.17, 15) is 31.1 Å². The third-order valence-electron chi connectivity index (χ3n) is 3.76. The van der Waals surface area contributed by atoms with Crippen molar-refractivity contribution in [1.82, 2.24) is 4.98 Å². The van der Waals surface area contributed by atoms with Crippen LogP contribution in [0.25, 0.3) is 10.9 Å². The van der Waals surface area contributed by atoms with Gasteiger partial charge in [-0.05, 0) is 30.3 Å². The number of aromatic amines is 1. The van der Waals surface area contributed by atoms with Crippen LogP contribution >= 0.6 is 23.2 Å². The van der Waals surface area contributed by atoms with Crippen LogP contribution in [0, 0.1) is 0 Å². The summed E-state index contributed by atoms with van der Waals surface area (Å²) in [6, 6.07) is 5.43. The van der Waals surface area contributed by atoms with Gasteiger partial charge in [-0.1, -0.05) is 23.2 Å². The largest absolute Gasteiger partial charge is 0.431 e. The predicted octanol–water partition coefficient (Wildman–Crippen LogP) is 6.62. The van der Waals surface area contributed by atoms with Crippen molar-refractivity contribution < 1.29 is 26.3 Å². The van der Waals surface area contributed by atoms with E-state index in [0.717, 1.165) is 0 Å². The summed E-state index contributed by atoms with van der Waals surface area (Å²) in [7, 11) is 0. The van der Waals surface area contributed by atoms with E-state index in [0.29, 0.717) is 12.1 Å². The molecule has 2 N–H and O–H groups in total. The molecule has 0 saturated carbocycles. The Bertz CT molecular complexity index is 1120. The molecule has 1 aromatic heterocycles. The van der Waals surface area contributed by atoms with Gasteiger partial charge < -0.3 is 10.3 Å². The minimum absolute atomic E-state index is 0.0937. The summed E-state index contributed by atoms with van der Waals surface area (Å²) >= 11 is 11.6. The Kier molecular flexibility index (Phi) is 5.01. The number of rotatable bonds is 2. The molecular formula is C17H8Cl2F6N2O. The van der Waals surface area contributed by atoms with Gasteiger partial charge >= 0.3 is 12.4 Å². The fourth-order valence-corrected chi connectivity index (χ4v) is 2.83. The van der Waals surface area contributed by atoms with Crippen molar-refractivity contribution in [2.45, 2.75) is 12.4 Å². The Balaban J connectivity index is 2.27. The molecule has 0 radical (unpaired) electrons. The minimum atomic E-state index is -4.93. The number of fused-ring (bicyclic) bond motifs is 1. The highest BCUT2D eigenvalue weighted by atomic mass is 35.5. The third kappa shape index (κ3) is 4.05. The normalized spacial score (nSPS) is 12.4. The number of nitrogens with one attached hydrogen (secondary N) is 2. The van der Waals surface area contributed by atoms with Gasteiger partial charge in [0.25, 0.3) is 0 Å². The van der Waals surface area contributed by atoms with Crippen LogP contribution in [0.1, 0.15) is 11.3 Å². The highest BCUT2D eigenvalue weighted by Crippen LogP contribution is 2.37. The number of alkyl halides is 6. The zero-order valence-corrected chi connectivity index (χ0v) is 14.9. The lowest BCUT2D eigenvalue weighted by Crippen LogP contribution is -2.16. The van der Waals surface area contributed by atoms with Crippen LogP contribution in [0.4, 0.5) is 37.7 Å². The standard InChI is InChI=1S/C17H8Cl2F6N2O/c18-9-2-1-8(5-10(9)19)26-11-3-7(16(20,21)22)4-12-15(11)13(28)6-14(27-12)17(23,24)25/h1-6,26H,(H,27,28). The van der Waals surface area contributed by atoms with Crippen LogP contribution in [0.3, 0.4) is 0 Å². The van der Waals surface area contributed by atoms with Crippen LogP contribution in [0.5, 0.6) is 0 Å². The van der Waals surface area contributed by atoms with E-state index in [1.165, 1.54) is 18.2 Å². The lowest BCUT2D eigenvalue weighted by atomic mass is 10.1. The van der Waals surface area contributed by atoms with Gasteiger partial charge in [-0.15, -0.1) is 0 Å². The monoisotopic (exact) mass is 440 g/mol. The number of hydrogen-bond donors (Lipinski definition) is 2. The van der Waals surface area contributed by atoms with Crippen molar-refractivity contribution in [3.05, 3.63) is 67.9 Å². The molecule has 11 heteroatoms. The number of aromatic nitrogens is 1. The van der Waals surface area contributed by atoms with Crippen molar-refractivity contribution >= 4 is 45.5 Å². The zero-order chi connectivity index (χ0) is 20.9. The topological polar surface area (TPSA) is 44.9 Å². The highest BCUT2D eigenvalue weighted by molar-refractivity contribution is 6.42. The summed E-state index contributed by atoms with van der Waals surface area (Å²) < 4.78 is 78.4. The first-order chi connectivity index (χ1) is 12.9. The maximum atomic E-state index is 13.2.